The summed E-state index contributed by atoms with van der Waals surface area (Å²) in [6, 6.07) is 17.0. The molecule has 0 amide bonds. The third-order valence-electron chi connectivity index (χ3n) is 4.91. The maximum Gasteiger partial charge on any atom is 0.123 e. The predicted molar refractivity (Wildman–Crippen MR) is 109 cm³/mol. The molecule has 0 radical (unpaired) electrons. The van der Waals surface area contributed by atoms with Crippen LogP contribution in [-0.2, 0) is 0 Å². The van der Waals surface area contributed by atoms with Gasteiger partial charge in [-0.25, -0.2) is 0 Å². The number of benzene rings is 2. The molecule has 0 aliphatic heterocycles. The smallest absolute Gasteiger partial charge is 0.123 e. The lowest BCUT2D eigenvalue weighted by Crippen LogP contribution is -2.26. The summed E-state index contributed by atoms with van der Waals surface area (Å²) < 4.78 is 6.38. The summed E-state index contributed by atoms with van der Waals surface area (Å²) in [4.78, 5) is 0. The van der Waals surface area contributed by atoms with E-state index in [4.69, 9.17) is 4.74 Å². The van der Waals surface area contributed by atoms with Crippen LogP contribution in [0.15, 0.2) is 48.5 Å². The third-order valence-corrected chi connectivity index (χ3v) is 4.91. The van der Waals surface area contributed by atoms with Gasteiger partial charge in [0.05, 0.1) is 6.54 Å². The molecule has 2 nitrogen and oxygen atoms in total. The lowest BCUT2D eigenvalue weighted by molar-refractivity contribution is 0.207. The van der Waals surface area contributed by atoms with Gasteiger partial charge in [0.15, 0.2) is 0 Å². The number of anilines is 1. The first-order valence-corrected chi connectivity index (χ1v) is 9.65. The lowest BCUT2D eigenvalue weighted by atomic mass is 9.98. The van der Waals surface area contributed by atoms with Gasteiger partial charge in [0, 0.05) is 5.69 Å². The first-order chi connectivity index (χ1) is 12.1. The first-order valence-electron chi connectivity index (χ1n) is 9.65. The minimum atomic E-state index is 0.158. The highest BCUT2D eigenvalue weighted by atomic mass is 16.5. The van der Waals surface area contributed by atoms with Crippen LogP contribution >= 0.6 is 0 Å². The van der Waals surface area contributed by atoms with Crippen LogP contribution in [0.1, 0.15) is 70.4 Å². The summed E-state index contributed by atoms with van der Waals surface area (Å²) in [5, 5.41) is 3.60. The van der Waals surface area contributed by atoms with Crippen molar-refractivity contribution in [2.75, 3.05) is 11.9 Å². The molecular weight excluding hydrogens is 306 g/mol. The van der Waals surface area contributed by atoms with Crippen LogP contribution in [0.3, 0.4) is 0 Å². The average molecular weight is 340 g/mol. The van der Waals surface area contributed by atoms with Crippen LogP contribution in [-0.4, -0.2) is 12.6 Å². The minimum absolute atomic E-state index is 0.158. The van der Waals surface area contributed by atoms with Gasteiger partial charge in [-0.3, -0.25) is 0 Å². The number of hydrogen-bond donors (Lipinski definition) is 1. The standard InChI is InChI=1S/C23H33NO/c1-6-18(5)21-13-9-11-15-23(21)25-19(7-2)16-24-22-14-10-8-12-20(22)17(3)4/h8-15,17-19,24H,6-7,16H2,1-5H3. The van der Waals surface area contributed by atoms with E-state index in [9.17, 15) is 0 Å². The summed E-state index contributed by atoms with van der Waals surface area (Å²) in [6.45, 7) is 12.0. The van der Waals surface area contributed by atoms with Crippen molar-refractivity contribution in [2.24, 2.45) is 0 Å². The van der Waals surface area contributed by atoms with Crippen molar-refractivity contribution in [1.82, 2.24) is 0 Å². The Labute approximate surface area is 153 Å². The molecule has 0 fully saturated rings. The average Bonchev–Trinajstić information content (AvgIpc) is 2.64. The van der Waals surface area contributed by atoms with Gasteiger partial charge in [-0.15, -0.1) is 0 Å². The van der Waals surface area contributed by atoms with E-state index in [2.05, 4.69) is 88.5 Å². The van der Waals surface area contributed by atoms with E-state index < -0.39 is 0 Å². The second-order valence-electron chi connectivity index (χ2n) is 7.12. The molecule has 0 saturated heterocycles. The topological polar surface area (TPSA) is 21.3 Å². The fourth-order valence-electron chi connectivity index (χ4n) is 3.05. The Balaban J connectivity index is 2.07. The monoisotopic (exact) mass is 339 g/mol. The summed E-state index contributed by atoms with van der Waals surface area (Å²) in [6.07, 6.45) is 2.26. The molecule has 0 saturated carbocycles. The number of hydrogen-bond acceptors (Lipinski definition) is 2. The molecule has 2 rings (SSSR count). The highest BCUT2D eigenvalue weighted by molar-refractivity contribution is 5.52. The van der Waals surface area contributed by atoms with E-state index in [1.54, 1.807) is 0 Å². The predicted octanol–water partition coefficient (Wildman–Crippen LogP) is 6.59. The van der Waals surface area contributed by atoms with Crippen molar-refractivity contribution in [2.45, 2.75) is 65.4 Å². The van der Waals surface area contributed by atoms with Gasteiger partial charge in [-0.2, -0.15) is 0 Å². The Bertz CT molecular complexity index is 650. The molecular formula is C23H33NO. The molecule has 2 heteroatoms. The number of ether oxygens (including phenoxy) is 1. The molecule has 136 valence electrons. The molecule has 2 unspecified atom stereocenters. The van der Waals surface area contributed by atoms with Crippen LogP contribution in [0.5, 0.6) is 5.75 Å². The van der Waals surface area contributed by atoms with Gasteiger partial charge in [0.25, 0.3) is 0 Å². The second kappa shape index (κ2) is 9.50. The van der Waals surface area contributed by atoms with Crippen LogP contribution in [0.4, 0.5) is 5.69 Å². The SMILES string of the molecule is CCC(CNc1ccccc1C(C)C)Oc1ccccc1C(C)CC. The van der Waals surface area contributed by atoms with Crippen molar-refractivity contribution in [1.29, 1.82) is 0 Å². The minimum Gasteiger partial charge on any atom is -0.488 e. The van der Waals surface area contributed by atoms with E-state index >= 15 is 0 Å². The van der Waals surface area contributed by atoms with Crippen LogP contribution in [0.25, 0.3) is 0 Å². The number of para-hydroxylation sites is 2. The normalized spacial score (nSPS) is 13.5. The largest absolute Gasteiger partial charge is 0.488 e. The Morgan fingerprint density at radius 2 is 1.48 bits per heavy atom. The highest BCUT2D eigenvalue weighted by Gasteiger charge is 2.15. The fourth-order valence-corrected chi connectivity index (χ4v) is 3.05. The Hall–Kier alpha value is -1.96. The van der Waals surface area contributed by atoms with E-state index in [1.165, 1.54) is 16.8 Å². The van der Waals surface area contributed by atoms with Gasteiger partial charge in [0.1, 0.15) is 11.9 Å². The van der Waals surface area contributed by atoms with Gasteiger partial charge in [0.2, 0.25) is 0 Å². The molecule has 1 N–H and O–H groups in total. The Morgan fingerprint density at radius 3 is 2.12 bits per heavy atom. The third kappa shape index (κ3) is 5.26. The van der Waals surface area contributed by atoms with Gasteiger partial charge in [-0.05, 0) is 47.9 Å². The molecule has 0 aliphatic carbocycles. The van der Waals surface area contributed by atoms with Crippen molar-refractivity contribution >= 4 is 5.69 Å². The van der Waals surface area contributed by atoms with E-state index in [1.807, 2.05) is 0 Å². The maximum atomic E-state index is 6.38. The first kappa shape index (κ1) is 19.4. The quantitative estimate of drug-likeness (QED) is 0.556. The summed E-state index contributed by atoms with van der Waals surface area (Å²) in [7, 11) is 0. The van der Waals surface area contributed by atoms with Crippen molar-refractivity contribution in [3.8, 4) is 5.75 Å². The zero-order chi connectivity index (χ0) is 18.2. The summed E-state index contributed by atoms with van der Waals surface area (Å²) >= 11 is 0. The maximum absolute atomic E-state index is 6.38. The summed E-state index contributed by atoms with van der Waals surface area (Å²) in [5.41, 5.74) is 3.89. The highest BCUT2D eigenvalue weighted by Crippen LogP contribution is 2.30. The van der Waals surface area contributed by atoms with Crippen molar-refractivity contribution in [3.05, 3.63) is 59.7 Å². The zero-order valence-corrected chi connectivity index (χ0v) is 16.4. The Morgan fingerprint density at radius 1 is 0.840 bits per heavy atom. The molecule has 0 bridgehead atoms. The van der Waals surface area contributed by atoms with E-state index in [0.29, 0.717) is 11.8 Å². The molecule has 25 heavy (non-hydrogen) atoms. The zero-order valence-electron chi connectivity index (χ0n) is 16.4. The second-order valence-corrected chi connectivity index (χ2v) is 7.12. The lowest BCUT2D eigenvalue weighted by Gasteiger charge is -2.23. The molecule has 2 aromatic rings. The van der Waals surface area contributed by atoms with Gasteiger partial charge < -0.3 is 10.1 Å². The van der Waals surface area contributed by atoms with Gasteiger partial charge >= 0.3 is 0 Å². The molecule has 0 aliphatic rings. The van der Waals surface area contributed by atoms with Crippen LogP contribution in [0.2, 0.25) is 0 Å². The van der Waals surface area contributed by atoms with Crippen LogP contribution < -0.4 is 10.1 Å². The molecule has 0 aromatic heterocycles. The molecule has 2 aromatic carbocycles. The van der Waals surface area contributed by atoms with Crippen molar-refractivity contribution < 1.29 is 4.74 Å². The molecule has 2 atom stereocenters. The van der Waals surface area contributed by atoms with Crippen LogP contribution in [0, 0.1) is 0 Å². The molecule has 0 heterocycles. The number of nitrogens with one attached hydrogen (secondary N) is 1. The number of rotatable bonds is 9. The Kier molecular flexibility index (Phi) is 7.36. The van der Waals surface area contributed by atoms with Gasteiger partial charge in [-0.1, -0.05) is 71.0 Å². The van der Waals surface area contributed by atoms with E-state index in [0.717, 1.165) is 25.1 Å². The molecule has 0 spiro atoms. The summed E-state index contributed by atoms with van der Waals surface area (Å²) in [5.74, 6) is 2.06. The van der Waals surface area contributed by atoms with E-state index in [-0.39, 0.29) is 6.10 Å². The van der Waals surface area contributed by atoms with Crippen molar-refractivity contribution in [3.63, 3.8) is 0 Å². The fraction of sp³-hybridized carbons (Fsp3) is 0.478.